The van der Waals surface area contributed by atoms with Crippen LogP contribution in [0.1, 0.15) is 26.5 Å². The fraction of sp³-hybridized carbons (Fsp3) is 0.444. The van der Waals surface area contributed by atoms with Gasteiger partial charge in [0.05, 0.1) is 5.02 Å². The molecule has 0 bridgehead atoms. The monoisotopic (exact) mass is 236 g/mol. The second-order valence-corrected chi connectivity index (χ2v) is 4.46. The van der Waals surface area contributed by atoms with E-state index in [9.17, 15) is 5.21 Å². The summed E-state index contributed by atoms with van der Waals surface area (Å²) in [6, 6.07) is 3.09. The van der Waals surface area contributed by atoms with Gasteiger partial charge < -0.3 is 5.21 Å². The molecule has 1 rings (SSSR count). The predicted octanol–water partition coefficient (Wildman–Crippen LogP) is 2.27. The number of hydrogen-bond donors (Lipinski definition) is 1. The van der Waals surface area contributed by atoms with Crippen LogP contribution in [0.15, 0.2) is 12.1 Å². The normalized spacial score (nSPS) is 10.9. The van der Waals surface area contributed by atoms with Crippen molar-refractivity contribution in [1.29, 1.82) is 0 Å². The second-order valence-electron chi connectivity index (χ2n) is 4.03. The SMILES string of the molecule is CC(C)(C)c1cc(Cl)cc(N)[n+]1[O-].Cl. The Bertz CT molecular complexity index is 334. The van der Waals surface area contributed by atoms with Gasteiger partial charge in [-0.05, 0) is 0 Å². The zero-order chi connectivity index (χ0) is 10.2. The van der Waals surface area contributed by atoms with Crippen LogP contribution in [0.25, 0.3) is 0 Å². The first-order chi connectivity index (χ1) is 5.82. The van der Waals surface area contributed by atoms with Crippen LogP contribution in [0, 0.1) is 5.21 Å². The first-order valence-corrected chi connectivity index (χ1v) is 4.39. The number of halogens is 2. The van der Waals surface area contributed by atoms with Gasteiger partial charge in [0, 0.05) is 17.5 Å². The topological polar surface area (TPSA) is 53.0 Å². The van der Waals surface area contributed by atoms with E-state index < -0.39 is 0 Å². The lowest BCUT2D eigenvalue weighted by Gasteiger charge is -2.22. The van der Waals surface area contributed by atoms with Crippen molar-refractivity contribution in [3.63, 3.8) is 0 Å². The molecule has 0 aromatic carbocycles. The maximum absolute atomic E-state index is 11.5. The number of hydrogen-bond acceptors (Lipinski definition) is 2. The molecule has 2 N–H and O–H groups in total. The van der Waals surface area contributed by atoms with Gasteiger partial charge in [-0.1, -0.05) is 32.4 Å². The molecule has 0 aliphatic carbocycles. The quantitative estimate of drug-likeness (QED) is 0.555. The highest BCUT2D eigenvalue weighted by atomic mass is 35.5. The Labute approximate surface area is 94.9 Å². The van der Waals surface area contributed by atoms with E-state index in [0.717, 1.165) is 0 Å². The van der Waals surface area contributed by atoms with Crippen LogP contribution >= 0.6 is 24.0 Å². The minimum absolute atomic E-state index is 0. The Morgan fingerprint density at radius 2 is 1.86 bits per heavy atom. The summed E-state index contributed by atoms with van der Waals surface area (Å²) in [6.45, 7) is 5.81. The molecule has 0 fully saturated rings. The van der Waals surface area contributed by atoms with E-state index in [0.29, 0.717) is 15.4 Å². The van der Waals surface area contributed by atoms with Crippen molar-refractivity contribution in [2.45, 2.75) is 26.2 Å². The molecule has 0 saturated heterocycles. The molecule has 80 valence electrons. The Hall–Kier alpha value is -0.670. The van der Waals surface area contributed by atoms with E-state index in [-0.39, 0.29) is 23.6 Å². The Kier molecular flexibility index (Phi) is 4.03. The molecule has 1 aromatic rings. The maximum Gasteiger partial charge on any atom is 0.277 e. The summed E-state index contributed by atoms with van der Waals surface area (Å²) in [5, 5.41) is 12.0. The van der Waals surface area contributed by atoms with Crippen LogP contribution in [0.3, 0.4) is 0 Å². The molecule has 0 aliphatic rings. The van der Waals surface area contributed by atoms with Crippen LogP contribution in [0.5, 0.6) is 0 Å². The molecule has 5 heteroatoms. The van der Waals surface area contributed by atoms with E-state index >= 15 is 0 Å². The van der Waals surface area contributed by atoms with Gasteiger partial charge in [-0.15, -0.1) is 12.4 Å². The van der Waals surface area contributed by atoms with Gasteiger partial charge in [0.15, 0.2) is 0 Å². The van der Waals surface area contributed by atoms with Crippen LogP contribution in [0.4, 0.5) is 5.82 Å². The van der Waals surface area contributed by atoms with Gasteiger partial charge in [0.2, 0.25) is 0 Å². The first kappa shape index (κ1) is 13.3. The molecular weight excluding hydrogens is 223 g/mol. The third-order valence-corrected chi connectivity index (χ3v) is 2.00. The number of nitrogens with zero attached hydrogens (tertiary/aromatic N) is 1. The Morgan fingerprint density at radius 1 is 1.36 bits per heavy atom. The molecule has 0 atom stereocenters. The first-order valence-electron chi connectivity index (χ1n) is 4.01. The summed E-state index contributed by atoms with van der Waals surface area (Å²) in [4.78, 5) is 0. The van der Waals surface area contributed by atoms with Gasteiger partial charge in [-0.3, -0.25) is 5.73 Å². The van der Waals surface area contributed by atoms with E-state index in [1.54, 1.807) is 6.07 Å². The molecule has 1 aromatic heterocycles. The van der Waals surface area contributed by atoms with Crippen molar-refractivity contribution >= 4 is 29.8 Å². The van der Waals surface area contributed by atoms with Gasteiger partial charge in [0.25, 0.3) is 5.82 Å². The van der Waals surface area contributed by atoms with Crippen LogP contribution < -0.4 is 10.5 Å². The van der Waals surface area contributed by atoms with Crippen molar-refractivity contribution in [2.75, 3.05) is 5.73 Å². The summed E-state index contributed by atoms with van der Waals surface area (Å²) >= 11 is 5.80. The molecule has 1 heterocycles. The molecule has 0 spiro atoms. The number of pyridine rings is 1. The minimum atomic E-state index is -0.249. The summed E-state index contributed by atoms with van der Waals surface area (Å²) in [5.41, 5.74) is 5.82. The third-order valence-electron chi connectivity index (χ3n) is 1.78. The van der Waals surface area contributed by atoms with E-state index in [2.05, 4.69) is 0 Å². The van der Waals surface area contributed by atoms with Crippen LogP contribution in [-0.2, 0) is 5.41 Å². The molecule has 14 heavy (non-hydrogen) atoms. The summed E-state index contributed by atoms with van der Waals surface area (Å²) in [5.74, 6) is 0.137. The smallest absolute Gasteiger partial charge is 0.277 e. The van der Waals surface area contributed by atoms with Gasteiger partial charge in [-0.2, -0.15) is 0 Å². The van der Waals surface area contributed by atoms with Crippen molar-refractivity contribution in [1.82, 2.24) is 0 Å². The molecular formula is C9H14Cl2N2O. The zero-order valence-electron chi connectivity index (χ0n) is 8.37. The molecule has 0 saturated carbocycles. The van der Waals surface area contributed by atoms with Gasteiger partial charge in [-0.25, -0.2) is 4.73 Å². The number of rotatable bonds is 0. The van der Waals surface area contributed by atoms with E-state index in [1.165, 1.54) is 6.07 Å². The number of aromatic nitrogens is 1. The molecule has 0 amide bonds. The lowest BCUT2D eigenvalue weighted by molar-refractivity contribution is -0.602. The Balaban J connectivity index is 0.00000169. The average Bonchev–Trinajstić information content (AvgIpc) is 1.94. The number of nitrogens with two attached hydrogens (primary N) is 1. The number of nitrogen functional groups attached to an aromatic ring is 1. The van der Waals surface area contributed by atoms with Gasteiger partial charge >= 0.3 is 0 Å². The largest absolute Gasteiger partial charge is 0.710 e. The molecule has 0 unspecified atom stereocenters. The van der Waals surface area contributed by atoms with Gasteiger partial charge in [0.1, 0.15) is 5.69 Å². The lowest BCUT2D eigenvalue weighted by Crippen LogP contribution is -2.40. The van der Waals surface area contributed by atoms with E-state index in [1.807, 2.05) is 20.8 Å². The standard InChI is InChI=1S/C9H13ClN2O.ClH/c1-9(2,3)7-4-6(10)5-8(11)12(7)13;/h4-5H,11H2,1-3H3;1H. The third kappa shape index (κ3) is 2.66. The van der Waals surface area contributed by atoms with Crippen LogP contribution in [-0.4, -0.2) is 0 Å². The second kappa shape index (κ2) is 4.24. The molecule has 0 aliphatic heterocycles. The molecule has 3 nitrogen and oxygen atoms in total. The predicted molar refractivity (Wildman–Crippen MR) is 60.8 cm³/mol. The average molecular weight is 237 g/mol. The van der Waals surface area contributed by atoms with Crippen molar-refractivity contribution in [3.8, 4) is 0 Å². The zero-order valence-corrected chi connectivity index (χ0v) is 9.95. The summed E-state index contributed by atoms with van der Waals surface area (Å²) < 4.78 is 0.714. The lowest BCUT2D eigenvalue weighted by atomic mass is 9.91. The van der Waals surface area contributed by atoms with E-state index in [4.69, 9.17) is 17.3 Å². The minimum Gasteiger partial charge on any atom is -0.710 e. The summed E-state index contributed by atoms with van der Waals surface area (Å²) in [7, 11) is 0. The maximum atomic E-state index is 11.5. The highest BCUT2D eigenvalue weighted by Gasteiger charge is 2.21. The number of anilines is 1. The fourth-order valence-corrected chi connectivity index (χ4v) is 1.31. The van der Waals surface area contributed by atoms with Crippen molar-refractivity contribution in [3.05, 3.63) is 28.1 Å². The summed E-state index contributed by atoms with van der Waals surface area (Å²) in [6.07, 6.45) is 0. The van der Waals surface area contributed by atoms with Crippen molar-refractivity contribution in [2.24, 2.45) is 0 Å². The highest BCUT2D eigenvalue weighted by Crippen LogP contribution is 2.22. The Morgan fingerprint density at radius 3 is 2.29 bits per heavy atom. The van der Waals surface area contributed by atoms with Crippen LogP contribution in [0.2, 0.25) is 5.02 Å². The highest BCUT2D eigenvalue weighted by molar-refractivity contribution is 6.30. The van der Waals surface area contributed by atoms with Crippen molar-refractivity contribution < 1.29 is 4.73 Å². The molecule has 0 radical (unpaired) electrons. The fourth-order valence-electron chi connectivity index (χ4n) is 1.09.